The lowest BCUT2D eigenvalue weighted by Crippen LogP contribution is -2.63. The average molecular weight is 292 g/mol. The summed E-state index contributed by atoms with van der Waals surface area (Å²) in [5.41, 5.74) is -0.287. The van der Waals surface area contributed by atoms with Crippen molar-refractivity contribution in [3.05, 3.63) is 29.5 Å². The van der Waals surface area contributed by atoms with Gasteiger partial charge < -0.3 is 14.4 Å². The number of aromatic nitrogens is 1. The van der Waals surface area contributed by atoms with Crippen molar-refractivity contribution >= 4 is 17.2 Å². The van der Waals surface area contributed by atoms with Crippen molar-refractivity contribution < 1.29 is 14.3 Å². The number of hydrogen-bond acceptors (Lipinski definition) is 5. The van der Waals surface area contributed by atoms with Crippen LogP contribution in [0.3, 0.4) is 0 Å². The van der Waals surface area contributed by atoms with Gasteiger partial charge in [0.15, 0.2) is 10.8 Å². The van der Waals surface area contributed by atoms with Crippen LogP contribution in [-0.2, 0) is 0 Å². The Labute approximate surface area is 120 Å². The second-order valence-electron chi connectivity index (χ2n) is 5.15. The number of furan rings is 1. The first-order chi connectivity index (χ1) is 9.61. The molecule has 0 aromatic carbocycles. The van der Waals surface area contributed by atoms with Crippen LogP contribution in [-0.4, -0.2) is 39.6 Å². The van der Waals surface area contributed by atoms with Crippen LogP contribution in [0.25, 0.3) is 10.8 Å². The van der Waals surface area contributed by atoms with Crippen molar-refractivity contribution in [2.75, 3.05) is 13.1 Å². The number of amides is 1. The predicted molar refractivity (Wildman–Crippen MR) is 75.6 cm³/mol. The summed E-state index contributed by atoms with van der Waals surface area (Å²) in [6.45, 7) is 2.82. The summed E-state index contributed by atoms with van der Waals surface area (Å²) in [5, 5.41) is 12.5. The zero-order valence-electron chi connectivity index (χ0n) is 11.2. The van der Waals surface area contributed by atoms with Gasteiger partial charge in [-0.3, -0.25) is 4.79 Å². The molecule has 0 aliphatic carbocycles. The Morgan fingerprint density at radius 2 is 2.40 bits per heavy atom. The molecule has 5 nitrogen and oxygen atoms in total. The maximum absolute atomic E-state index is 12.2. The number of nitrogens with zero attached hydrogens (tertiary/aromatic N) is 2. The topological polar surface area (TPSA) is 66.6 Å². The molecule has 1 aliphatic heterocycles. The molecule has 0 atom stereocenters. The van der Waals surface area contributed by atoms with Gasteiger partial charge in [0.05, 0.1) is 25.0 Å². The lowest BCUT2D eigenvalue weighted by molar-refractivity contribution is -0.0861. The molecular formula is C14H16N2O3S. The lowest BCUT2D eigenvalue weighted by atomic mass is 9.89. The highest BCUT2D eigenvalue weighted by Gasteiger charge is 2.43. The minimum Gasteiger partial charge on any atom is -0.462 e. The second kappa shape index (κ2) is 5.03. The highest BCUT2D eigenvalue weighted by molar-refractivity contribution is 7.13. The number of carbonyl (C=O) groups excluding carboxylic acids is 1. The Hall–Kier alpha value is -1.66. The van der Waals surface area contributed by atoms with Gasteiger partial charge >= 0.3 is 0 Å². The van der Waals surface area contributed by atoms with Gasteiger partial charge in [-0.1, -0.05) is 13.3 Å². The van der Waals surface area contributed by atoms with Gasteiger partial charge in [-0.15, -0.1) is 11.3 Å². The molecule has 0 bridgehead atoms. The monoisotopic (exact) mass is 292 g/mol. The molecule has 3 rings (SSSR count). The summed E-state index contributed by atoms with van der Waals surface area (Å²) < 4.78 is 5.26. The smallest absolute Gasteiger partial charge is 0.273 e. The normalized spacial score (nSPS) is 17.0. The van der Waals surface area contributed by atoms with E-state index in [1.54, 1.807) is 22.6 Å². The Kier molecular flexibility index (Phi) is 3.35. The highest BCUT2D eigenvalue weighted by Crippen LogP contribution is 2.29. The van der Waals surface area contributed by atoms with E-state index in [9.17, 15) is 9.90 Å². The molecule has 106 valence electrons. The van der Waals surface area contributed by atoms with E-state index in [1.807, 2.05) is 13.0 Å². The molecule has 1 fully saturated rings. The third-order valence-corrected chi connectivity index (χ3v) is 4.29. The number of hydrogen-bond donors (Lipinski definition) is 1. The summed E-state index contributed by atoms with van der Waals surface area (Å²) in [6, 6.07) is 3.61. The van der Waals surface area contributed by atoms with E-state index in [2.05, 4.69) is 4.98 Å². The highest BCUT2D eigenvalue weighted by atomic mass is 32.1. The molecule has 1 amide bonds. The van der Waals surface area contributed by atoms with Gasteiger partial charge in [0, 0.05) is 5.38 Å². The lowest BCUT2D eigenvalue weighted by Gasteiger charge is -2.46. The van der Waals surface area contributed by atoms with Crippen LogP contribution in [0.1, 0.15) is 30.3 Å². The minimum atomic E-state index is -0.704. The summed E-state index contributed by atoms with van der Waals surface area (Å²) in [6.07, 6.45) is 3.22. The fourth-order valence-corrected chi connectivity index (χ4v) is 3.24. The molecular weight excluding hydrogens is 276 g/mol. The van der Waals surface area contributed by atoms with Crippen LogP contribution in [0.5, 0.6) is 0 Å². The van der Waals surface area contributed by atoms with Crippen LogP contribution >= 0.6 is 11.3 Å². The Balaban J connectivity index is 1.67. The molecule has 0 radical (unpaired) electrons. The predicted octanol–water partition coefficient (Wildman–Crippen LogP) is 2.39. The van der Waals surface area contributed by atoms with Crippen LogP contribution in [0.15, 0.2) is 28.2 Å². The van der Waals surface area contributed by atoms with Crippen LogP contribution < -0.4 is 0 Å². The van der Waals surface area contributed by atoms with E-state index in [1.165, 1.54) is 11.3 Å². The summed E-state index contributed by atoms with van der Waals surface area (Å²) in [5.74, 6) is 0.542. The molecule has 0 spiro atoms. The third-order valence-electron chi connectivity index (χ3n) is 3.43. The van der Waals surface area contributed by atoms with E-state index < -0.39 is 5.60 Å². The molecule has 0 unspecified atom stereocenters. The molecule has 20 heavy (non-hydrogen) atoms. The quantitative estimate of drug-likeness (QED) is 0.939. The fraction of sp³-hybridized carbons (Fsp3) is 0.429. The first-order valence-electron chi connectivity index (χ1n) is 6.62. The minimum absolute atomic E-state index is 0.125. The molecule has 3 heterocycles. The van der Waals surface area contributed by atoms with Gasteiger partial charge in [0.25, 0.3) is 5.91 Å². The molecule has 1 N–H and O–H groups in total. The third kappa shape index (κ3) is 2.36. The number of aliphatic hydroxyl groups is 1. The van der Waals surface area contributed by atoms with E-state index in [0.29, 0.717) is 29.6 Å². The molecule has 6 heteroatoms. The maximum atomic E-state index is 12.2. The number of carbonyl (C=O) groups is 1. The number of thiazole rings is 1. The standard InChI is InChI=1S/C14H16N2O3S/c1-2-5-14(18)8-16(9-14)13(17)10-7-20-12(15-10)11-4-3-6-19-11/h3-4,6-7,18H,2,5,8-9H2,1H3. The number of likely N-dealkylation sites (tertiary alicyclic amines) is 1. The first kappa shape index (κ1) is 13.3. The van der Waals surface area contributed by atoms with Gasteiger partial charge in [-0.2, -0.15) is 0 Å². The van der Waals surface area contributed by atoms with E-state index in [-0.39, 0.29) is 5.91 Å². The van der Waals surface area contributed by atoms with Crippen molar-refractivity contribution in [3.8, 4) is 10.8 Å². The van der Waals surface area contributed by atoms with Crippen molar-refractivity contribution in [3.63, 3.8) is 0 Å². The van der Waals surface area contributed by atoms with E-state index in [4.69, 9.17) is 4.42 Å². The van der Waals surface area contributed by atoms with Crippen molar-refractivity contribution in [1.29, 1.82) is 0 Å². The van der Waals surface area contributed by atoms with Crippen LogP contribution in [0, 0.1) is 0 Å². The van der Waals surface area contributed by atoms with Crippen molar-refractivity contribution in [2.45, 2.75) is 25.4 Å². The first-order valence-corrected chi connectivity index (χ1v) is 7.50. The molecule has 0 saturated carbocycles. The van der Waals surface area contributed by atoms with E-state index >= 15 is 0 Å². The zero-order valence-corrected chi connectivity index (χ0v) is 12.0. The molecule has 1 aliphatic rings. The second-order valence-corrected chi connectivity index (χ2v) is 6.01. The number of rotatable bonds is 4. The zero-order chi connectivity index (χ0) is 14.2. The maximum Gasteiger partial charge on any atom is 0.273 e. The summed E-state index contributed by atoms with van der Waals surface area (Å²) in [4.78, 5) is 18.2. The Morgan fingerprint density at radius 3 is 3.05 bits per heavy atom. The van der Waals surface area contributed by atoms with Gasteiger partial charge in [-0.25, -0.2) is 4.98 Å². The van der Waals surface area contributed by atoms with E-state index in [0.717, 1.165) is 12.8 Å². The van der Waals surface area contributed by atoms with Gasteiger partial charge in [0.1, 0.15) is 5.69 Å². The Bertz CT molecular complexity index is 600. The van der Waals surface area contributed by atoms with Crippen molar-refractivity contribution in [2.24, 2.45) is 0 Å². The molecule has 2 aromatic heterocycles. The van der Waals surface area contributed by atoms with Gasteiger partial charge in [-0.05, 0) is 18.6 Å². The van der Waals surface area contributed by atoms with Crippen molar-refractivity contribution in [1.82, 2.24) is 9.88 Å². The Morgan fingerprint density at radius 1 is 1.60 bits per heavy atom. The van der Waals surface area contributed by atoms with Crippen LogP contribution in [0.4, 0.5) is 0 Å². The largest absolute Gasteiger partial charge is 0.462 e. The summed E-state index contributed by atoms with van der Waals surface area (Å²) >= 11 is 1.38. The average Bonchev–Trinajstić information content (AvgIpc) is 3.05. The van der Waals surface area contributed by atoms with Gasteiger partial charge in [0.2, 0.25) is 0 Å². The number of β-amino-alcohol motifs (C(OH)–C–C–N with tert-alkyl or cyclic N) is 1. The van der Waals surface area contributed by atoms with Crippen LogP contribution in [0.2, 0.25) is 0 Å². The fourth-order valence-electron chi connectivity index (χ4n) is 2.48. The molecule has 1 saturated heterocycles. The summed E-state index contributed by atoms with van der Waals surface area (Å²) in [7, 11) is 0. The molecule has 2 aromatic rings. The SMILES string of the molecule is CCCC1(O)CN(C(=O)c2csc(-c3ccco3)n2)C1.